The van der Waals surface area contributed by atoms with Crippen LogP contribution in [0.15, 0.2) is 16.5 Å². The molecule has 0 aliphatic carbocycles. The molecule has 1 amide bonds. The Hall–Kier alpha value is -1.78. The SMILES string of the molecule is CC(C)C1CCCCN1C(=O)c1ccc(C(=O)O)o1. The molecule has 104 valence electrons. The quantitative estimate of drug-likeness (QED) is 0.912. The lowest BCUT2D eigenvalue weighted by molar-refractivity contribution is 0.0505. The highest BCUT2D eigenvalue weighted by Gasteiger charge is 2.31. The van der Waals surface area contributed by atoms with Gasteiger partial charge in [-0.25, -0.2) is 4.79 Å². The molecule has 1 aromatic rings. The maximum absolute atomic E-state index is 12.4. The summed E-state index contributed by atoms with van der Waals surface area (Å²) in [5.74, 6) is -1.05. The van der Waals surface area contributed by atoms with E-state index in [0.717, 1.165) is 19.3 Å². The number of carboxylic acids is 1. The summed E-state index contributed by atoms with van der Waals surface area (Å²) in [6, 6.07) is 2.97. The van der Waals surface area contributed by atoms with Crippen LogP contribution in [0.25, 0.3) is 0 Å². The van der Waals surface area contributed by atoms with Crippen LogP contribution < -0.4 is 0 Å². The van der Waals surface area contributed by atoms with Gasteiger partial charge in [-0.15, -0.1) is 0 Å². The van der Waals surface area contributed by atoms with Crippen molar-refractivity contribution in [2.24, 2.45) is 5.92 Å². The van der Waals surface area contributed by atoms with Gasteiger partial charge in [0, 0.05) is 12.6 Å². The molecule has 5 nitrogen and oxygen atoms in total. The summed E-state index contributed by atoms with van der Waals surface area (Å²) in [5.41, 5.74) is 0. The van der Waals surface area contributed by atoms with Crippen molar-refractivity contribution in [2.45, 2.75) is 39.2 Å². The number of amides is 1. The van der Waals surface area contributed by atoms with E-state index in [9.17, 15) is 9.59 Å². The predicted octanol–water partition coefficient (Wildman–Crippen LogP) is 2.63. The average molecular weight is 265 g/mol. The Morgan fingerprint density at radius 3 is 2.58 bits per heavy atom. The van der Waals surface area contributed by atoms with Crippen molar-refractivity contribution in [1.82, 2.24) is 4.90 Å². The highest BCUT2D eigenvalue weighted by Crippen LogP contribution is 2.25. The second-order valence-corrected chi connectivity index (χ2v) is 5.27. The van der Waals surface area contributed by atoms with Crippen LogP contribution in [0.2, 0.25) is 0 Å². The van der Waals surface area contributed by atoms with Gasteiger partial charge < -0.3 is 14.4 Å². The highest BCUT2D eigenvalue weighted by molar-refractivity contribution is 5.93. The molecule has 1 aliphatic rings. The van der Waals surface area contributed by atoms with Crippen molar-refractivity contribution in [3.05, 3.63) is 23.7 Å². The third-order valence-corrected chi connectivity index (χ3v) is 3.61. The fourth-order valence-electron chi connectivity index (χ4n) is 2.61. The van der Waals surface area contributed by atoms with Gasteiger partial charge in [0.1, 0.15) is 0 Å². The smallest absolute Gasteiger partial charge is 0.371 e. The van der Waals surface area contributed by atoms with Crippen LogP contribution in [0.4, 0.5) is 0 Å². The van der Waals surface area contributed by atoms with Gasteiger partial charge in [-0.05, 0) is 37.3 Å². The van der Waals surface area contributed by atoms with E-state index in [2.05, 4.69) is 13.8 Å². The Morgan fingerprint density at radius 2 is 2.00 bits per heavy atom. The zero-order valence-corrected chi connectivity index (χ0v) is 11.3. The molecule has 0 aromatic carbocycles. The van der Waals surface area contributed by atoms with Crippen molar-refractivity contribution in [2.75, 3.05) is 6.54 Å². The largest absolute Gasteiger partial charge is 0.475 e. The van der Waals surface area contributed by atoms with Gasteiger partial charge in [0.2, 0.25) is 5.76 Å². The number of furan rings is 1. The van der Waals surface area contributed by atoms with Gasteiger partial charge in [0.05, 0.1) is 0 Å². The van der Waals surface area contributed by atoms with E-state index in [1.165, 1.54) is 12.1 Å². The summed E-state index contributed by atoms with van der Waals surface area (Å²) >= 11 is 0. The minimum Gasteiger partial charge on any atom is -0.475 e. The van der Waals surface area contributed by atoms with Gasteiger partial charge >= 0.3 is 5.97 Å². The van der Waals surface area contributed by atoms with Crippen LogP contribution in [-0.4, -0.2) is 34.5 Å². The van der Waals surface area contributed by atoms with E-state index < -0.39 is 5.97 Å². The zero-order valence-electron chi connectivity index (χ0n) is 11.3. The molecule has 1 unspecified atom stereocenters. The monoisotopic (exact) mass is 265 g/mol. The van der Waals surface area contributed by atoms with E-state index in [-0.39, 0.29) is 23.5 Å². The Bertz CT molecular complexity index is 478. The number of hydrogen-bond acceptors (Lipinski definition) is 3. The number of carboxylic acid groups (broad SMARTS) is 1. The number of hydrogen-bond donors (Lipinski definition) is 1. The van der Waals surface area contributed by atoms with E-state index in [1.807, 2.05) is 4.90 Å². The molecule has 5 heteroatoms. The molecule has 0 spiro atoms. The van der Waals surface area contributed by atoms with Crippen molar-refractivity contribution >= 4 is 11.9 Å². The molecule has 2 rings (SSSR count). The van der Waals surface area contributed by atoms with Crippen molar-refractivity contribution < 1.29 is 19.1 Å². The number of rotatable bonds is 3. The minimum atomic E-state index is -1.15. The molecule has 1 saturated heterocycles. The summed E-state index contributed by atoms with van der Waals surface area (Å²) in [6.45, 7) is 4.91. The Kier molecular flexibility index (Phi) is 3.93. The summed E-state index contributed by atoms with van der Waals surface area (Å²) in [6.07, 6.45) is 3.11. The summed E-state index contributed by atoms with van der Waals surface area (Å²) in [5, 5.41) is 8.81. The molecule has 1 aromatic heterocycles. The van der Waals surface area contributed by atoms with Gasteiger partial charge in [0.15, 0.2) is 5.76 Å². The van der Waals surface area contributed by atoms with E-state index in [1.54, 1.807) is 0 Å². The predicted molar refractivity (Wildman–Crippen MR) is 69.2 cm³/mol. The Morgan fingerprint density at radius 1 is 1.32 bits per heavy atom. The van der Waals surface area contributed by atoms with E-state index in [4.69, 9.17) is 9.52 Å². The van der Waals surface area contributed by atoms with Crippen molar-refractivity contribution in [3.8, 4) is 0 Å². The lowest BCUT2D eigenvalue weighted by Gasteiger charge is -2.37. The average Bonchev–Trinajstić information content (AvgIpc) is 2.87. The van der Waals surface area contributed by atoms with Crippen LogP contribution in [0.1, 0.15) is 54.2 Å². The fourth-order valence-corrected chi connectivity index (χ4v) is 2.61. The molecule has 1 N–H and O–H groups in total. The molecule has 1 fully saturated rings. The normalized spacial score (nSPS) is 19.7. The maximum Gasteiger partial charge on any atom is 0.371 e. The second kappa shape index (κ2) is 5.47. The van der Waals surface area contributed by atoms with Crippen LogP contribution in [-0.2, 0) is 0 Å². The molecule has 19 heavy (non-hydrogen) atoms. The fraction of sp³-hybridized carbons (Fsp3) is 0.571. The molecule has 0 saturated carbocycles. The van der Waals surface area contributed by atoms with Crippen molar-refractivity contribution in [3.63, 3.8) is 0 Å². The van der Waals surface area contributed by atoms with E-state index in [0.29, 0.717) is 12.5 Å². The van der Waals surface area contributed by atoms with Crippen LogP contribution in [0.5, 0.6) is 0 Å². The number of carbonyl (C=O) groups excluding carboxylic acids is 1. The molecule has 1 atom stereocenters. The lowest BCUT2D eigenvalue weighted by atomic mass is 9.92. The van der Waals surface area contributed by atoms with Crippen LogP contribution in [0, 0.1) is 5.92 Å². The number of carbonyl (C=O) groups is 2. The third kappa shape index (κ3) is 2.80. The number of piperidine rings is 1. The standard InChI is InChI=1S/C14H19NO4/c1-9(2)10-5-3-4-8-15(10)13(16)11-6-7-12(19-11)14(17)18/h6-7,9-10H,3-5,8H2,1-2H3,(H,17,18). The Labute approximate surface area is 112 Å². The lowest BCUT2D eigenvalue weighted by Crippen LogP contribution is -2.46. The van der Waals surface area contributed by atoms with Crippen molar-refractivity contribution in [1.29, 1.82) is 0 Å². The van der Waals surface area contributed by atoms with Crippen LogP contribution in [0.3, 0.4) is 0 Å². The number of likely N-dealkylation sites (tertiary alicyclic amines) is 1. The molecular formula is C14H19NO4. The first-order valence-electron chi connectivity index (χ1n) is 6.65. The first kappa shape index (κ1) is 13.6. The van der Waals surface area contributed by atoms with Gasteiger partial charge in [0.25, 0.3) is 5.91 Å². The number of nitrogens with zero attached hydrogens (tertiary/aromatic N) is 1. The molecular weight excluding hydrogens is 246 g/mol. The summed E-state index contributed by atoms with van der Waals surface area (Å²) < 4.78 is 5.10. The van der Waals surface area contributed by atoms with Gasteiger partial charge in [-0.1, -0.05) is 13.8 Å². The maximum atomic E-state index is 12.4. The summed E-state index contributed by atoms with van der Waals surface area (Å²) in [4.78, 5) is 25.0. The van der Waals surface area contributed by atoms with Crippen LogP contribution >= 0.6 is 0 Å². The van der Waals surface area contributed by atoms with Gasteiger partial charge in [-0.3, -0.25) is 4.79 Å². The Balaban J connectivity index is 2.18. The molecule has 1 aliphatic heterocycles. The first-order valence-corrected chi connectivity index (χ1v) is 6.65. The molecule has 0 radical (unpaired) electrons. The van der Waals surface area contributed by atoms with E-state index >= 15 is 0 Å². The third-order valence-electron chi connectivity index (χ3n) is 3.61. The summed E-state index contributed by atoms with van der Waals surface area (Å²) in [7, 11) is 0. The second-order valence-electron chi connectivity index (χ2n) is 5.27. The highest BCUT2D eigenvalue weighted by atomic mass is 16.4. The molecule has 0 bridgehead atoms. The van der Waals surface area contributed by atoms with Gasteiger partial charge in [-0.2, -0.15) is 0 Å². The molecule has 2 heterocycles. The first-order chi connectivity index (χ1) is 9.00. The minimum absolute atomic E-state index is 0.116. The topological polar surface area (TPSA) is 70.8 Å². The number of aromatic carboxylic acids is 1. The zero-order chi connectivity index (χ0) is 14.0.